The Hall–Kier alpha value is -2.05. The highest BCUT2D eigenvalue weighted by atomic mass is 32.2. The van der Waals surface area contributed by atoms with Crippen LogP contribution < -0.4 is 4.72 Å². The first-order valence-corrected chi connectivity index (χ1v) is 7.90. The monoisotopic (exact) mass is 307 g/mol. The van der Waals surface area contributed by atoms with Crippen molar-refractivity contribution in [2.75, 3.05) is 18.4 Å². The molecule has 0 atom stereocenters. The lowest BCUT2D eigenvalue weighted by molar-refractivity contribution is 0.202. The average Bonchev–Trinajstić information content (AvgIpc) is 2.46. The van der Waals surface area contributed by atoms with Gasteiger partial charge >= 0.3 is 0 Å². The van der Waals surface area contributed by atoms with Crippen LogP contribution in [0.1, 0.15) is 5.56 Å². The maximum Gasteiger partial charge on any atom is 0.261 e. The molecular weight excluding hydrogens is 290 g/mol. The second-order valence-corrected chi connectivity index (χ2v) is 6.18. The third-order valence-corrected chi connectivity index (χ3v) is 4.37. The van der Waals surface area contributed by atoms with E-state index in [9.17, 15) is 13.5 Å². The summed E-state index contributed by atoms with van der Waals surface area (Å²) in [5.74, 6) is 0.0226. The number of benzene rings is 2. The fraction of sp³-hybridized carbons (Fsp3) is 0.200. The van der Waals surface area contributed by atoms with Crippen molar-refractivity contribution < 1.29 is 18.3 Å². The zero-order valence-electron chi connectivity index (χ0n) is 11.6. The topological polar surface area (TPSA) is 75.6 Å². The van der Waals surface area contributed by atoms with Crippen LogP contribution in [0.2, 0.25) is 0 Å². The van der Waals surface area contributed by atoms with E-state index in [0.29, 0.717) is 18.7 Å². The van der Waals surface area contributed by atoms with E-state index < -0.39 is 10.0 Å². The molecular formula is C15H17NO4S. The lowest BCUT2D eigenvalue weighted by Gasteiger charge is -2.12. The van der Waals surface area contributed by atoms with E-state index in [1.165, 1.54) is 24.3 Å². The second-order valence-electron chi connectivity index (χ2n) is 4.50. The molecule has 2 rings (SSSR count). The van der Waals surface area contributed by atoms with Gasteiger partial charge in [-0.3, -0.25) is 4.72 Å². The predicted octanol–water partition coefficient (Wildman–Crippen LogP) is 2.38. The molecule has 0 aliphatic heterocycles. The van der Waals surface area contributed by atoms with Crippen LogP contribution >= 0.6 is 0 Å². The van der Waals surface area contributed by atoms with Crippen LogP contribution in [0.4, 0.5) is 5.69 Å². The van der Waals surface area contributed by atoms with E-state index in [1.807, 2.05) is 12.1 Å². The van der Waals surface area contributed by atoms with E-state index in [0.717, 1.165) is 5.56 Å². The molecule has 0 fully saturated rings. The van der Waals surface area contributed by atoms with Crippen molar-refractivity contribution in [3.05, 3.63) is 54.1 Å². The van der Waals surface area contributed by atoms with Gasteiger partial charge in [-0.25, -0.2) is 8.42 Å². The van der Waals surface area contributed by atoms with Crippen molar-refractivity contribution in [2.45, 2.75) is 11.3 Å². The Balaban J connectivity index is 2.26. The van der Waals surface area contributed by atoms with Crippen molar-refractivity contribution >= 4 is 15.7 Å². The summed E-state index contributed by atoms with van der Waals surface area (Å²) >= 11 is 0. The van der Waals surface area contributed by atoms with E-state index >= 15 is 0 Å². The zero-order chi connectivity index (χ0) is 15.3. The van der Waals surface area contributed by atoms with Crippen molar-refractivity contribution in [1.82, 2.24) is 0 Å². The van der Waals surface area contributed by atoms with E-state index in [4.69, 9.17) is 4.74 Å². The normalized spacial score (nSPS) is 11.3. The number of rotatable bonds is 6. The number of phenols is 1. The summed E-state index contributed by atoms with van der Waals surface area (Å²) in [5, 5.41) is 9.22. The smallest absolute Gasteiger partial charge is 0.261 e. The molecule has 0 unspecified atom stereocenters. The minimum atomic E-state index is -3.68. The Kier molecular flexibility index (Phi) is 4.82. The van der Waals surface area contributed by atoms with E-state index in [-0.39, 0.29) is 10.6 Å². The second kappa shape index (κ2) is 6.60. The van der Waals surface area contributed by atoms with Gasteiger partial charge in [0.15, 0.2) is 0 Å². The number of aromatic hydroxyl groups is 1. The van der Waals surface area contributed by atoms with Crippen molar-refractivity contribution in [2.24, 2.45) is 0 Å². The first kappa shape index (κ1) is 15.3. The SMILES string of the molecule is COCCc1ccccc1NS(=O)(=O)c1ccc(O)cc1. The molecule has 112 valence electrons. The van der Waals surface area contributed by atoms with Gasteiger partial charge in [0.05, 0.1) is 17.2 Å². The molecule has 2 aromatic rings. The molecule has 0 heterocycles. The van der Waals surface area contributed by atoms with Gasteiger partial charge in [0, 0.05) is 7.11 Å². The van der Waals surface area contributed by atoms with E-state index in [2.05, 4.69) is 4.72 Å². The fourth-order valence-electron chi connectivity index (χ4n) is 1.88. The number of para-hydroxylation sites is 1. The first-order chi connectivity index (χ1) is 10.0. The summed E-state index contributed by atoms with van der Waals surface area (Å²) in [5.41, 5.74) is 1.39. The molecule has 2 aromatic carbocycles. The van der Waals surface area contributed by atoms with Gasteiger partial charge in [0.2, 0.25) is 0 Å². The van der Waals surface area contributed by atoms with Gasteiger partial charge in [-0.1, -0.05) is 18.2 Å². The summed E-state index contributed by atoms with van der Waals surface area (Å²) in [4.78, 5) is 0.0989. The van der Waals surface area contributed by atoms with Gasteiger partial charge in [-0.05, 0) is 42.3 Å². The average molecular weight is 307 g/mol. The predicted molar refractivity (Wildman–Crippen MR) is 80.9 cm³/mol. The minimum absolute atomic E-state index is 0.0226. The fourth-order valence-corrected chi connectivity index (χ4v) is 2.98. The Morgan fingerprint density at radius 1 is 1.10 bits per heavy atom. The highest BCUT2D eigenvalue weighted by Gasteiger charge is 2.15. The van der Waals surface area contributed by atoms with Crippen LogP contribution in [-0.4, -0.2) is 27.2 Å². The minimum Gasteiger partial charge on any atom is -0.508 e. The van der Waals surface area contributed by atoms with Gasteiger partial charge in [-0.2, -0.15) is 0 Å². The molecule has 0 aromatic heterocycles. The number of ether oxygens (including phenoxy) is 1. The van der Waals surface area contributed by atoms with Crippen LogP contribution in [0.15, 0.2) is 53.4 Å². The number of anilines is 1. The molecule has 2 N–H and O–H groups in total. The number of hydrogen-bond donors (Lipinski definition) is 2. The molecule has 0 amide bonds. The van der Waals surface area contributed by atoms with Crippen molar-refractivity contribution in [1.29, 1.82) is 0 Å². The Morgan fingerprint density at radius 3 is 2.43 bits per heavy atom. The van der Waals surface area contributed by atoms with Gasteiger partial charge in [0.1, 0.15) is 5.75 Å². The summed E-state index contributed by atoms with van der Waals surface area (Å²) in [6.45, 7) is 0.512. The number of hydrogen-bond acceptors (Lipinski definition) is 4. The van der Waals surface area contributed by atoms with Crippen molar-refractivity contribution in [3.63, 3.8) is 0 Å². The lowest BCUT2D eigenvalue weighted by atomic mass is 10.1. The molecule has 5 nitrogen and oxygen atoms in total. The number of nitrogens with one attached hydrogen (secondary N) is 1. The van der Waals surface area contributed by atoms with Crippen LogP contribution in [0.3, 0.4) is 0 Å². The van der Waals surface area contributed by atoms with E-state index in [1.54, 1.807) is 19.2 Å². The van der Waals surface area contributed by atoms with Crippen LogP contribution in [0.5, 0.6) is 5.75 Å². The quantitative estimate of drug-likeness (QED) is 0.859. The van der Waals surface area contributed by atoms with Gasteiger partial charge < -0.3 is 9.84 Å². The highest BCUT2D eigenvalue weighted by Crippen LogP contribution is 2.21. The van der Waals surface area contributed by atoms with Gasteiger partial charge in [0.25, 0.3) is 10.0 Å². The highest BCUT2D eigenvalue weighted by molar-refractivity contribution is 7.92. The maximum absolute atomic E-state index is 12.3. The van der Waals surface area contributed by atoms with Crippen molar-refractivity contribution in [3.8, 4) is 5.75 Å². The summed E-state index contributed by atoms with van der Waals surface area (Å²) < 4.78 is 32.2. The molecule has 6 heteroatoms. The molecule has 0 aliphatic rings. The summed E-state index contributed by atoms with van der Waals surface area (Å²) in [7, 11) is -2.08. The summed E-state index contributed by atoms with van der Waals surface area (Å²) in [6, 6.07) is 12.6. The molecule has 21 heavy (non-hydrogen) atoms. The number of sulfonamides is 1. The molecule has 0 aliphatic carbocycles. The standard InChI is InChI=1S/C15H17NO4S/c1-20-11-10-12-4-2-3-5-15(12)16-21(18,19)14-8-6-13(17)7-9-14/h2-9,16-17H,10-11H2,1H3. The van der Waals surface area contributed by atoms with Crippen LogP contribution in [0, 0.1) is 0 Å². The third kappa shape index (κ3) is 3.96. The lowest BCUT2D eigenvalue weighted by Crippen LogP contribution is -2.14. The Labute approximate surface area is 124 Å². The third-order valence-electron chi connectivity index (χ3n) is 2.98. The molecule has 0 radical (unpaired) electrons. The Morgan fingerprint density at radius 2 is 1.76 bits per heavy atom. The number of phenolic OH excluding ortho intramolecular Hbond substituents is 1. The Bertz CT molecular complexity index is 696. The molecule has 0 spiro atoms. The zero-order valence-corrected chi connectivity index (χ0v) is 12.4. The summed E-state index contributed by atoms with van der Waals surface area (Å²) in [6.07, 6.45) is 0.616. The maximum atomic E-state index is 12.3. The number of methoxy groups -OCH3 is 1. The largest absolute Gasteiger partial charge is 0.508 e. The van der Waals surface area contributed by atoms with Gasteiger partial charge in [-0.15, -0.1) is 0 Å². The van der Waals surface area contributed by atoms with Crippen LogP contribution in [0.25, 0.3) is 0 Å². The van der Waals surface area contributed by atoms with Crippen LogP contribution in [-0.2, 0) is 21.2 Å². The molecule has 0 bridgehead atoms. The molecule has 0 saturated carbocycles. The first-order valence-electron chi connectivity index (χ1n) is 6.41. The molecule has 0 saturated heterocycles.